The zero-order chi connectivity index (χ0) is 13.7. The van der Waals surface area contributed by atoms with Gasteiger partial charge in [-0.05, 0) is 25.0 Å². The number of anilines is 1. The summed E-state index contributed by atoms with van der Waals surface area (Å²) in [5.41, 5.74) is 2.09. The normalized spacial score (nSPS) is 10.7. The highest BCUT2D eigenvalue weighted by atomic mass is 32.1. The van der Waals surface area contributed by atoms with Crippen LogP contribution in [0.25, 0.3) is 0 Å². The van der Waals surface area contributed by atoms with Gasteiger partial charge in [0.1, 0.15) is 5.75 Å². The first kappa shape index (κ1) is 13.9. The number of aromatic nitrogens is 1. The number of nitrogens with zero attached hydrogens (tertiary/aromatic N) is 1. The van der Waals surface area contributed by atoms with Crippen LogP contribution in [0.4, 0.5) is 5.69 Å². The summed E-state index contributed by atoms with van der Waals surface area (Å²) in [5, 5.41) is 6.57. The maximum atomic E-state index is 5.81. The van der Waals surface area contributed by atoms with Gasteiger partial charge >= 0.3 is 0 Å². The molecular formula is C15H20N2OS. The molecule has 0 amide bonds. The highest BCUT2D eigenvalue weighted by molar-refractivity contribution is 7.09. The van der Waals surface area contributed by atoms with Gasteiger partial charge in [0.2, 0.25) is 0 Å². The monoisotopic (exact) mass is 276 g/mol. The number of nitrogens with one attached hydrogen (secondary N) is 1. The summed E-state index contributed by atoms with van der Waals surface area (Å²) in [6.07, 6.45) is 0. The van der Waals surface area contributed by atoms with Gasteiger partial charge in [0.15, 0.2) is 0 Å². The SMILES string of the molecule is Cc1nc(CNc2ccccc2OCC(C)C)cs1. The van der Waals surface area contributed by atoms with Crippen molar-refractivity contribution >= 4 is 17.0 Å². The molecule has 1 aromatic heterocycles. The van der Waals surface area contributed by atoms with E-state index in [0.717, 1.165) is 35.3 Å². The average Bonchev–Trinajstić information content (AvgIpc) is 2.80. The molecule has 0 spiro atoms. The van der Waals surface area contributed by atoms with Crippen molar-refractivity contribution in [3.8, 4) is 5.75 Å². The third-order valence-electron chi connectivity index (χ3n) is 2.59. The molecule has 0 unspecified atom stereocenters. The molecule has 2 aromatic rings. The molecule has 3 nitrogen and oxygen atoms in total. The lowest BCUT2D eigenvalue weighted by atomic mass is 10.2. The van der Waals surface area contributed by atoms with E-state index in [1.54, 1.807) is 11.3 Å². The van der Waals surface area contributed by atoms with Gasteiger partial charge in [0.25, 0.3) is 0 Å². The summed E-state index contributed by atoms with van der Waals surface area (Å²) in [6.45, 7) is 7.77. The lowest BCUT2D eigenvalue weighted by Crippen LogP contribution is -2.07. The smallest absolute Gasteiger partial charge is 0.142 e. The molecule has 0 radical (unpaired) electrons. The van der Waals surface area contributed by atoms with E-state index in [9.17, 15) is 0 Å². The fourth-order valence-corrected chi connectivity index (χ4v) is 2.28. The molecule has 102 valence electrons. The van der Waals surface area contributed by atoms with Crippen LogP contribution in [-0.2, 0) is 6.54 Å². The summed E-state index contributed by atoms with van der Waals surface area (Å²) >= 11 is 1.68. The zero-order valence-corrected chi connectivity index (χ0v) is 12.5. The van der Waals surface area contributed by atoms with Gasteiger partial charge in [0, 0.05) is 5.38 Å². The number of hydrogen-bond donors (Lipinski definition) is 1. The summed E-state index contributed by atoms with van der Waals surface area (Å²) in [6, 6.07) is 8.04. The lowest BCUT2D eigenvalue weighted by molar-refractivity contribution is 0.272. The fourth-order valence-electron chi connectivity index (χ4n) is 1.67. The van der Waals surface area contributed by atoms with E-state index in [4.69, 9.17) is 4.74 Å². The van der Waals surface area contributed by atoms with Crippen LogP contribution >= 0.6 is 11.3 Å². The highest BCUT2D eigenvalue weighted by Crippen LogP contribution is 2.25. The second-order valence-corrected chi connectivity index (χ2v) is 5.97. The molecule has 0 saturated carbocycles. The molecule has 0 aliphatic rings. The molecular weight excluding hydrogens is 256 g/mol. The van der Waals surface area contributed by atoms with Crippen LogP contribution in [-0.4, -0.2) is 11.6 Å². The topological polar surface area (TPSA) is 34.2 Å². The maximum absolute atomic E-state index is 5.81. The van der Waals surface area contributed by atoms with Crippen molar-refractivity contribution < 1.29 is 4.74 Å². The first-order chi connectivity index (χ1) is 9.15. The average molecular weight is 276 g/mol. The van der Waals surface area contributed by atoms with Crippen molar-refractivity contribution in [1.82, 2.24) is 4.98 Å². The Balaban J connectivity index is 1.99. The summed E-state index contributed by atoms with van der Waals surface area (Å²) < 4.78 is 5.81. The van der Waals surface area contributed by atoms with Crippen molar-refractivity contribution in [2.45, 2.75) is 27.3 Å². The maximum Gasteiger partial charge on any atom is 0.142 e. The highest BCUT2D eigenvalue weighted by Gasteiger charge is 2.05. The van der Waals surface area contributed by atoms with Gasteiger partial charge in [-0.3, -0.25) is 0 Å². The molecule has 19 heavy (non-hydrogen) atoms. The predicted octanol–water partition coefficient (Wildman–Crippen LogP) is 4.10. The van der Waals surface area contributed by atoms with E-state index in [2.05, 4.69) is 29.5 Å². The van der Waals surface area contributed by atoms with E-state index >= 15 is 0 Å². The summed E-state index contributed by atoms with van der Waals surface area (Å²) in [5.74, 6) is 1.43. The number of para-hydroxylation sites is 2. The molecule has 0 aliphatic heterocycles. The van der Waals surface area contributed by atoms with E-state index in [0.29, 0.717) is 5.92 Å². The Morgan fingerprint density at radius 3 is 2.79 bits per heavy atom. The third-order valence-corrected chi connectivity index (χ3v) is 3.41. The lowest BCUT2D eigenvalue weighted by Gasteiger charge is -2.13. The van der Waals surface area contributed by atoms with Crippen molar-refractivity contribution in [1.29, 1.82) is 0 Å². The first-order valence-corrected chi connectivity index (χ1v) is 7.40. The van der Waals surface area contributed by atoms with Crippen LogP contribution < -0.4 is 10.1 Å². The Morgan fingerprint density at radius 1 is 1.32 bits per heavy atom. The van der Waals surface area contributed by atoms with Gasteiger partial charge in [-0.15, -0.1) is 11.3 Å². The molecule has 0 aliphatic carbocycles. The number of ether oxygens (including phenoxy) is 1. The Labute approximate surface area is 118 Å². The molecule has 1 aromatic carbocycles. The van der Waals surface area contributed by atoms with Crippen molar-refractivity contribution in [3.63, 3.8) is 0 Å². The van der Waals surface area contributed by atoms with E-state index in [-0.39, 0.29) is 0 Å². The van der Waals surface area contributed by atoms with Gasteiger partial charge in [-0.25, -0.2) is 4.98 Å². The Hall–Kier alpha value is -1.55. The Kier molecular flexibility index (Phi) is 4.80. The minimum Gasteiger partial charge on any atom is -0.491 e. The van der Waals surface area contributed by atoms with Crippen molar-refractivity contribution in [2.75, 3.05) is 11.9 Å². The van der Waals surface area contributed by atoms with Crippen LogP contribution in [0.5, 0.6) is 5.75 Å². The van der Waals surface area contributed by atoms with E-state index in [1.165, 1.54) is 0 Å². The van der Waals surface area contributed by atoms with Crippen LogP contribution in [0.15, 0.2) is 29.6 Å². The molecule has 1 heterocycles. The van der Waals surface area contributed by atoms with E-state index in [1.807, 2.05) is 31.2 Å². The molecule has 0 bridgehead atoms. The zero-order valence-electron chi connectivity index (χ0n) is 11.6. The Morgan fingerprint density at radius 2 is 2.11 bits per heavy atom. The third kappa shape index (κ3) is 4.24. The largest absolute Gasteiger partial charge is 0.491 e. The summed E-state index contributed by atoms with van der Waals surface area (Å²) in [4.78, 5) is 4.44. The molecule has 1 N–H and O–H groups in total. The number of benzene rings is 1. The van der Waals surface area contributed by atoms with Crippen LogP contribution in [0.2, 0.25) is 0 Å². The first-order valence-electron chi connectivity index (χ1n) is 6.52. The molecule has 0 fully saturated rings. The van der Waals surface area contributed by atoms with Crippen LogP contribution in [0.3, 0.4) is 0 Å². The van der Waals surface area contributed by atoms with Gasteiger partial charge in [-0.2, -0.15) is 0 Å². The van der Waals surface area contributed by atoms with Crippen LogP contribution in [0.1, 0.15) is 24.5 Å². The standard InChI is InChI=1S/C15H20N2OS/c1-11(2)9-18-15-7-5-4-6-14(15)16-8-13-10-19-12(3)17-13/h4-7,10-11,16H,8-9H2,1-3H3. The fraction of sp³-hybridized carbons (Fsp3) is 0.400. The molecule has 0 saturated heterocycles. The minimum atomic E-state index is 0.522. The van der Waals surface area contributed by atoms with Gasteiger partial charge in [0.05, 0.1) is 29.5 Å². The minimum absolute atomic E-state index is 0.522. The number of thiazole rings is 1. The van der Waals surface area contributed by atoms with Gasteiger partial charge < -0.3 is 10.1 Å². The second-order valence-electron chi connectivity index (χ2n) is 4.91. The summed E-state index contributed by atoms with van der Waals surface area (Å²) in [7, 11) is 0. The number of hydrogen-bond acceptors (Lipinski definition) is 4. The quantitative estimate of drug-likeness (QED) is 0.862. The molecule has 4 heteroatoms. The second kappa shape index (κ2) is 6.57. The van der Waals surface area contributed by atoms with Crippen LogP contribution in [0, 0.1) is 12.8 Å². The number of aryl methyl sites for hydroxylation is 1. The predicted molar refractivity (Wildman–Crippen MR) is 81.0 cm³/mol. The van der Waals surface area contributed by atoms with E-state index < -0.39 is 0 Å². The number of rotatable bonds is 6. The Bertz CT molecular complexity index is 522. The van der Waals surface area contributed by atoms with Gasteiger partial charge in [-0.1, -0.05) is 26.0 Å². The molecule has 2 rings (SSSR count). The molecule has 0 atom stereocenters. The van der Waals surface area contributed by atoms with Crippen molar-refractivity contribution in [3.05, 3.63) is 40.3 Å². The van der Waals surface area contributed by atoms with Crippen molar-refractivity contribution in [2.24, 2.45) is 5.92 Å².